The van der Waals surface area contributed by atoms with Gasteiger partial charge in [0.2, 0.25) is 5.79 Å². The van der Waals surface area contributed by atoms with E-state index in [2.05, 4.69) is 0 Å². The van der Waals surface area contributed by atoms with Gasteiger partial charge in [-0.1, -0.05) is 11.6 Å². The van der Waals surface area contributed by atoms with Gasteiger partial charge < -0.3 is 14.2 Å². The van der Waals surface area contributed by atoms with Crippen LogP contribution in [0.4, 0.5) is 0 Å². The van der Waals surface area contributed by atoms with Crippen LogP contribution in [0.15, 0.2) is 10.8 Å². The van der Waals surface area contributed by atoms with Gasteiger partial charge in [-0.3, -0.25) is 4.79 Å². The summed E-state index contributed by atoms with van der Waals surface area (Å²) in [6, 6.07) is 0. The molecule has 1 saturated heterocycles. The Kier molecular flexibility index (Phi) is 2.06. The number of methoxy groups -OCH3 is 1. The lowest BCUT2D eigenvalue weighted by atomic mass is 10.2. The van der Waals surface area contributed by atoms with Crippen LogP contribution in [0.25, 0.3) is 0 Å². The molecular weight excluding hydrogens is 196 g/mol. The van der Waals surface area contributed by atoms with Gasteiger partial charge >= 0.3 is 0 Å². The molecule has 0 amide bonds. The zero-order chi connectivity index (χ0) is 9.47. The molecule has 0 atom stereocenters. The Bertz CT molecular complexity index is 278. The second-order valence-corrected chi connectivity index (χ2v) is 3.27. The first-order valence-electron chi connectivity index (χ1n) is 3.95. The Morgan fingerprint density at radius 2 is 2.08 bits per heavy atom. The fraction of sp³-hybridized carbons (Fsp3) is 0.625. The van der Waals surface area contributed by atoms with E-state index in [1.54, 1.807) is 0 Å². The highest BCUT2D eigenvalue weighted by molar-refractivity contribution is 6.43. The number of rotatable bonds is 1. The lowest BCUT2D eigenvalue weighted by molar-refractivity contribution is -0.155. The average Bonchev–Trinajstić information content (AvgIpc) is 2.62. The third-order valence-electron chi connectivity index (χ3n) is 2.14. The van der Waals surface area contributed by atoms with Crippen LogP contribution in [0.3, 0.4) is 0 Å². The number of hydrogen-bond acceptors (Lipinski definition) is 4. The molecule has 1 aliphatic carbocycles. The summed E-state index contributed by atoms with van der Waals surface area (Å²) in [4.78, 5) is 11.3. The van der Waals surface area contributed by atoms with Crippen molar-refractivity contribution in [3.8, 4) is 0 Å². The SMILES string of the molecule is COC1=C(Cl)C(=O)CC12OCCO2. The summed E-state index contributed by atoms with van der Waals surface area (Å²) in [6.07, 6.45) is 0.120. The fourth-order valence-corrected chi connectivity index (χ4v) is 1.88. The molecule has 0 aromatic heterocycles. The van der Waals surface area contributed by atoms with E-state index in [-0.39, 0.29) is 17.2 Å². The molecule has 2 rings (SSSR count). The van der Waals surface area contributed by atoms with Crippen molar-refractivity contribution >= 4 is 17.4 Å². The molecule has 1 aliphatic heterocycles. The summed E-state index contributed by atoms with van der Waals surface area (Å²) in [5.74, 6) is -0.916. The quantitative estimate of drug-likeness (QED) is 0.634. The Labute approximate surface area is 80.4 Å². The molecule has 4 nitrogen and oxygen atoms in total. The number of ether oxygens (including phenoxy) is 3. The molecule has 0 N–H and O–H groups in total. The van der Waals surface area contributed by atoms with E-state index in [9.17, 15) is 4.79 Å². The van der Waals surface area contributed by atoms with Crippen LogP contribution in [0.5, 0.6) is 0 Å². The maximum Gasteiger partial charge on any atom is 0.237 e. The zero-order valence-electron chi connectivity index (χ0n) is 7.13. The summed E-state index contributed by atoms with van der Waals surface area (Å²) in [5.41, 5.74) is 0. The first-order valence-corrected chi connectivity index (χ1v) is 4.33. The summed E-state index contributed by atoms with van der Waals surface area (Å²) in [5, 5.41) is 0.0874. The van der Waals surface area contributed by atoms with Crippen LogP contribution < -0.4 is 0 Å². The van der Waals surface area contributed by atoms with Crippen molar-refractivity contribution in [3.63, 3.8) is 0 Å². The van der Waals surface area contributed by atoms with Crippen LogP contribution >= 0.6 is 11.6 Å². The van der Waals surface area contributed by atoms with Gasteiger partial charge in [-0.15, -0.1) is 0 Å². The van der Waals surface area contributed by atoms with E-state index in [4.69, 9.17) is 25.8 Å². The Morgan fingerprint density at radius 3 is 2.62 bits per heavy atom. The van der Waals surface area contributed by atoms with E-state index >= 15 is 0 Å². The lowest BCUT2D eigenvalue weighted by Gasteiger charge is -2.22. The van der Waals surface area contributed by atoms with Gasteiger partial charge in [0.1, 0.15) is 5.03 Å². The van der Waals surface area contributed by atoms with Crippen LogP contribution in [0, 0.1) is 0 Å². The molecule has 72 valence electrons. The molecule has 5 heteroatoms. The van der Waals surface area contributed by atoms with Gasteiger partial charge in [0.25, 0.3) is 0 Å². The Hall–Kier alpha value is -0.580. The predicted octanol–water partition coefficient (Wildman–Crippen LogP) is 0.799. The highest BCUT2D eigenvalue weighted by Gasteiger charge is 2.51. The number of Topliss-reactive ketones (excluding diaryl/α,β-unsaturated/α-hetero) is 1. The number of hydrogen-bond donors (Lipinski definition) is 0. The Balaban J connectivity index is 2.37. The Morgan fingerprint density at radius 1 is 1.46 bits per heavy atom. The van der Waals surface area contributed by atoms with E-state index < -0.39 is 5.79 Å². The van der Waals surface area contributed by atoms with Crippen molar-refractivity contribution < 1.29 is 19.0 Å². The van der Waals surface area contributed by atoms with Crippen LogP contribution in [0.1, 0.15) is 6.42 Å². The zero-order valence-corrected chi connectivity index (χ0v) is 7.89. The van der Waals surface area contributed by atoms with Crippen LogP contribution in [-0.2, 0) is 19.0 Å². The molecule has 1 fully saturated rings. The lowest BCUT2D eigenvalue weighted by Crippen LogP contribution is -2.31. The average molecular weight is 205 g/mol. The van der Waals surface area contributed by atoms with Gasteiger partial charge in [-0.25, -0.2) is 0 Å². The molecule has 0 aromatic carbocycles. The molecule has 0 bridgehead atoms. The highest BCUT2D eigenvalue weighted by atomic mass is 35.5. The maximum absolute atomic E-state index is 11.3. The second kappa shape index (κ2) is 2.97. The number of halogens is 1. The summed E-state index contributed by atoms with van der Waals surface area (Å²) >= 11 is 5.74. The van der Waals surface area contributed by atoms with Crippen molar-refractivity contribution in [3.05, 3.63) is 10.8 Å². The molecule has 0 saturated carbocycles. The van der Waals surface area contributed by atoms with Gasteiger partial charge in [-0.2, -0.15) is 0 Å². The molecule has 1 spiro atoms. The minimum absolute atomic E-state index is 0.0874. The smallest absolute Gasteiger partial charge is 0.237 e. The van der Waals surface area contributed by atoms with Crippen molar-refractivity contribution in [2.75, 3.05) is 20.3 Å². The van der Waals surface area contributed by atoms with Crippen molar-refractivity contribution in [2.45, 2.75) is 12.2 Å². The number of allylic oxidation sites excluding steroid dienone is 1. The van der Waals surface area contributed by atoms with E-state index in [1.165, 1.54) is 7.11 Å². The molecule has 0 aromatic rings. The molecule has 2 aliphatic rings. The fourth-order valence-electron chi connectivity index (χ4n) is 1.60. The number of carbonyl (C=O) groups is 1. The van der Waals surface area contributed by atoms with E-state index in [0.717, 1.165) is 0 Å². The van der Waals surface area contributed by atoms with Gasteiger partial charge in [-0.05, 0) is 0 Å². The van der Waals surface area contributed by atoms with Crippen LogP contribution in [0.2, 0.25) is 0 Å². The first kappa shape index (κ1) is 8.99. The molecule has 0 unspecified atom stereocenters. The highest BCUT2D eigenvalue weighted by Crippen LogP contribution is 2.41. The van der Waals surface area contributed by atoms with E-state index in [0.29, 0.717) is 19.0 Å². The van der Waals surface area contributed by atoms with Gasteiger partial charge in [0.05, 0.1) is 26.7 Å². The first-order chi connectivity index (χ1) is 6.19. The molecule has 13 heavy (non-hydrogen) atoms. The maximum atomic E-state index is 11.3. The molecule has 1 heterocycles. The normalized spacial score (nSPS) is 26.2. The van der Waals surface area contributed by atoms with Gasteiger partial charge in [0, 0.05) is 0 Å². The number of carbonyl (C=O) groups excluding carboxylic acids is 1. The van der Waals surface area contributed by atoms with Crippen LogP contribution in [-0.4, -0.2) is 31.9 Å². The van der Waals surface area contributed by atoms with Crippen molar-refractivity contribution in [1.82, 2.24) is 0 Å². The monoisotopic (exact) mass is 204 g/mol. The summed E-state index contributed by atoms with van der Waals surface area (Å²) in [7, 11) is 1.45. The van der Waals surface area contributed by atoms with Gasteiger partial charge in [0.15, 0.2) is 11.5 Å². The third kappa shape index (κ3) is 1.17. The summed E-state index contributed by atoms with van der Waals surface area (Å²) in [6.45, 7) is 0.925. The minimum Gasteiger partial charge on any atom is -0.494 e. The van der Waals surface area contributed by atoms with Crippen molar-refractivity contribution in [2.24, 2.45) is 0 Å². The minimum atomic E-state index is -1.02. The molecule has 0 radical (unpaired) electrons. The second-order valence-electron chi connectivity index (χ2n) is 2.90. The third-order valence-corrected chi connectivity index (χ3v) is 2.52. The van der Waals surface area contributed by atoms with Crippen molar-refractivity contribution in [1.29, 1.82) is 0 Å². The predicted molar refractivity (Wildman–Crippen MR) is 44.1 cm³/mol. The van der Waals surface area contributed by atoms with E-state index in [1.807, 2.05) is 0 Å². The molecular formula is C8H9ClO4. The standard InChI is InChI=1S/C8H9ClO4/c1-11-7-6(9)5(10)4-8(7)12-2-3-13-8/h2-4H2,1H3. The summed E-state index contributed by atoms with van der Waals surface area (Å²) < 4.78 is 15.7. The topological polar surface area (TPSA) is 44.8 Å². The largest absolute Gasteiger partial charge is 0.494 e. The number of ketones is 1.